The molecule has 0 aliphatic heterocycles. The average molecular weight is 291 g/mol. The SMILES string of the molecule is C=CCc1cc(OC)c(O)c(C(=O)N(CCC)CCC)c1. The third-order valence-electron chi connectivity index (χ3n) is 3.24. The Morgan fingerprint density at radius 1 is 1.33 bits per heavy atom. The Morgan fingerprint density at radius 2 is 1.95 bits per heavy atom. The maximum atomic E-state index is 12.7. The van der Waals surface area contributed by atoms with Crippen molar-refractivity contribution in [3.05, 3.63) is 35.9 Å². The van der Waals surface area contributed by atoms with Gasteiger partial charge in [-0.1, -0.05) is 19.9 Å². The van der Waals surface area contributed by atoms with Crippen LogP contribution < -0.4 is 4.74 Å². The monoisotopic (exact) mass is 291 g/mol. The lowest BCUT2D eigenvalue weighted by Crippen LogP contribution is -2.32. The summed E-state index contributed by atoms with van der Waals surface area (Å²) < 4.78 is 5.17. The van der Waals surface area contributed by atoms with Crippen LogP contribution in [0.1, 0.15) is 42.6 Å². The zero-order valence-corrected chi connectivity index (χ0v) is 13.2. The van der Waals surface area contributed by atoms with Gasteiger partial charge >= 0.3 is 0 Å². The number of amides is 1. The van der Waals surface area contributed by atoms with E-state index in [0.29, 0.717) is 30.8 Å². The molecule has 0 fully saturated rings. The fourth-order valence-electron chi connectivity index (χ4n) is 2.29. The molecule has 116 valence electrons. The molecule has 0 unspecified atom stereocenters. The molecule has 1 aromatic carbocycles. The molecule has 21 heavy (non-hydrogen) atoms. The van der Waals surface area contributed by atoms with Crippen LogP contribution in [0.25, 0.3) is 0 Å². The Labute approximate surface area is 127 Å². The normalized spacial score (nSPS) is 10.2. The van der Waals surface area contributed by atoms with Crippen molar-refractivity contribution in [2.75, 3.05) is 20.2 Å². The van der Waals surface area contributed by atoms with E-state index in [1.165, 1.54) is 7.11 Å². The van der Waals surface area contributed by atoms with Gasteiger partial charge in [-0.15, -0.1) is 6.58 Å². The maximum absolute atomic E-state index is 12.7. The summed E-state index contributed by atoms with van der Waals surface area (Å²) in [6.45, 7) is 9.13. The van der Waals surface area contributed by atoms with E-state index in [0.717, 1.165) is 18.4 Å². The third-order valence-corrected chi connectivity index (χ3v) is 3.24. The Bertz CT molecular complexity index is 491. The van der Waals surface area contributed by atoms with Gasteiger partial charge in [0, 0.05) is 13.1 Å². The molecule has 1 N–H and O–H groups in total. The van der Waals surface area contributed by atoms with Crippen molar-refractivity contribution in [3.63, 3.8) is 0 Å². The number of ether oxygens (including phenoxy) is 1. The molecule has 0 heterocycles. The van der Waals surface area contributed by atoms with E-state index in [-0.39, 0.29) is 11.7 Å². The predicted octanol–water partition coefficient (Wildman–Crippen LogP) is 3.39. The lowest BCUT2D eigenvalue weighted by atomic mass is 10.0. The fourth-order valence-corrected chi connectivity index (χ4v) is 2.29. The molecule has 1 amide bonds. The number of hydrogen-bond acceptors (Lipinski definition) is 3. The summed E-state index contributed by atoms with van der Waals surface area (Å²) in [4.78, 5) is 14.4. The summed E-state index contributed by atoms with van der Waals surface area (Å²) >= 11 is 0. The summed E-state index contributed by atoms with van der Waals surface area (Å²) in [7, 11) is 1.48. The molecule has 4 heteroatoms. The fraction of sp³-hybridized carbons (Fsp3) is 0.471. The Balaban J connectivity index is 3.21. The van der Waals surface area contributed by atoms with Crippen molar-refractivity contribution < 1.29 is 14.6 Å². The van der Waals surface area contributed by atoms with Crippen LogP contribution in [0.2, 0.25) is 0 Å². The van der Waals surface area contributed by atoms with Crippen LogP contribution in [-0.4, -0.2) is 36.1 Å². The van der Waals surface area contributed by atoms with Gasteiger partial charge in [0.05, 0.1) is 12.7 Å². The Hall–Kier alpha value is -1.97. The van der Waals surface area contributed by atoms with Crippen molar-refractivity contribution in [3.8, 4) is 11.5 Å². The van der Waals surface area contributed by atoms with E-state index in [2.05, 4.69) is 6.58 Å². The summed E-state index contributed by atoms with van der Waals surface area (Å²) in [5, 5.41) is 10.2. The molecule has 0 radical (unpaired) electrons. The van der Waals surface area contributed by atoms with Crippen molar-refractivity contribution >= 4 is 5.91 Å². The number of hydrogen-bond donors (Lipinski definition) is 1. The van der Waals surface area contributed by atoms with Gasteiger partial charge < -0.3 is 14.7 Å². The summed E-state index contributed by atoms with van der Waals surface area (Å²) in [5.41, 5.74) is 1.20. The Kier molecular flexibility index (Phi) is 6.79. The van der Waals surface area contributed by atoms with Gasteiger partial charge in [-0.2, -0.15) is 0 Å². The molecule has 1 aromatic rings. The molecule has 0 bridgehead atoms. The highest BCUT2D eigenvalue weighted by Crippen LogP contribution is 2.32. The van der Waals surface area contributed by atoms with Crippen LogP contribution in [0.5, 0.6) is 11.5 Å². The topological polar surface area (TPSA) is 49.8 Å². The van der Waals surface area contributed by atoms with Gasteiger partial charge in [-0.25, -0.2) is 0 Å². The first-order valence-electron chi connectivity index (χ1n) is 7.39. The van der Waals surface area contributed by atoms with Crippen LogP contribution in [0.4, 0.5) is 0 Å². The van der Waals surface area contributed by atoms with Crippen LogP contribution in [0, 0.1) is 0 Å². The number of phenolic OH excluding ortho intramolecular Hbond substituents is 1. The van der Waals surface area contributed by atoms with Crippen LogP contribution in [-0.2, 0) is 6.42 Å². The van der Waals surface area contributed by atoms with E-state index in [1.54, 1.807) is 23.1 Å². The smallest absolute Gasteiger partial charge is 0.257 e. The number of nitrogens with zero attached hydrogens (tertiary/aromatic N) is 1. The van der Waals surface area contributed by atoms with E-state index < -0.39 is 0 Å². The van der Waals surface area contributed by atoms with Crippen molar-refractivity contribution in [1.82, 2.24) is 4.90 Å². The molecule has 0 atom stereocenters. The second kappa shape index (κ2) is 8.35. The number of allylic oxidation sites excluding steroid dienone is 1. The molecular weight excluding hydrogens is 266 g/mol. The molecule has 0 aliphatic rings. The van der Waals surface area contributed by atoms with Gasteiger partial charge in [-0.3, -0.25) is 4.79 Å². The minimum absolute atomic E-state index is 0.0903. The highest BCUT2D eigenvalue weighted by atomic mass is 16.5. The van der Waals surface area contributed by atoms with Crippen LogP contribution in [0.3, 0.4) is 0 Å². The second-order valence-corrected chi connectivity index (χ2v) is 4.98. The number of aromatic hydroxyl groups is 1. The van der Waals surface area contributed by atoms with E-state index in [4.69, 9.17) is 4.74 Å². The predicted molar refractivity (Wildman–Crippen MR) is 85.0 cm³/mol. The highest BCUT2D eigenvalue weighted by molar-refractivity contribution is 5.98. The van der Waals surface area contributed by atoms with Gasteiger partial charge in [-0.05, 0) is 37.0 Å². The zero-order chi connectivity index (χ0) is 15.8. The molecule has 1 rings (SSSR count). The number of benzene rings is 1. The summed E-state index contributed by atoms with van der Waals surface area (Å²) in [6.07, 6.45) is 4.15. The van der Waals surface area contributed by atoms with Crippen molar-refractivity contribution in [2.24, 2.45) is 0 Å². The minimum atomic E-state index is -0.152. The zero-order valence-electron chi connectivity index (χ0n) is 13.2. The van der Waals surface area contributed by atoms with Crippen LogP contribution in [0.15, 0.2) is 24.8 Å². The molecule has 0 aromatic heterocycles. The first-order chi connectivity index (χ1) is 10.1. The van der Waals surface area contributed by atoms with E-state index in [9.17, 15) is 9.90 Å². The van der Waals surface area contributed by atoms with Gasteiger partial charge in [0.15, 0.2) is 11.5 Å². The molecule has 0 spiro atoms. The van der Waals surface area contributed by atoms with Gasteiger partial charge in [0.2, 0.25) is 0 Å². The molecule has 4 nitrogen and oxygen atoms in total. The second-order valence-electron chi connectivity index (χ2n) is 4.98. The van der Waals surface area contributed by atoms with Crippen molar-refractivity contribution in [2.45, 2.75) is 33.1 Å². The Morgan fingerprint density at radius 3 is 2.43 bits per heavy atom. The number of methoxy groups -OCH3 is 1. The van der Waals surface area contributed by atoms with Gasteiger partial charge in [0.25, 0.3) is 5.91 Å². The standard InChI is InChI=1S/C17H25NO3/c1-5-8-13-11-14(16(19)15(12-13)21-4)17(20)18(9-6-2)10-7-3/h5,11-12,19H,1,6-10H2,2-4H3. The molecular formula is C17H25NO3. The first-order valence-corrected chi connectivity index (χ1v) is 7.39. The number of phenols is 1. The number of rotatable bonds is 8. The minimum Gasteiger partial charge on any atom is -0.504 e. The van der Waals surface area contributed by atoms with E-state index >= 15 is 0 Å². The maximum Gasteiger partial charge on any atom is 0.257 e. The largest absolute Gasteiger partial charge is 0.504 e. The molecule has 0 saturated heterocycles. The number of carbonyl (C=O) groups is 1. The molecule has 0 aliphatic carbocycles. The van der Waals surface area contributed by atoms with Crippen molar-refractivity contribution in [1.29, 1.82) is 0 Å². The lowest BCUT2D eigenvalue weighted by molar-refractivity contribution is 0.0751. The number of carbonyl (C=O) groups excluding carboxylic acids is 1. The van der Waals surface area contributed by atoms with Crippen LogP contribution >= 0.6 is 0 Å². The lowest BCUT2D eigenvalue weighted by Gasteiger charge is -2.22. The summed E-state index contributed by atoms with van der Waals surface area (Å²) in [5.74, 6) is 0.0820. The first kappa shape index (κ1) is 17.1. The summed E-state index contributed by atoms with van der Waals surface area (Å²) in [6, 6.07) is 3.46. The van der Waals surface area contributed by atoms with E-state index in [1.807, 2.05) is 13.8 Å². The third kappa shape index (κ3) is 4.25. The highest BCUT2D eigenvalue weighted by Gasteiger charge is 2.21. The average Bonchev–Trinajstić information content (AvgIpc) is 2.48. The van der Waals surface area contributed by atoms with Gasteiger partial charge in [0.1, 0.15) is 0 Å². The molecule has 0 saturated carbocycles. The quantitative estimate of drug-likeness (QED) is 0.747.